The number of thioether (sulfide) groups is 1. The SMILES string of the molecule is O=[N+]([O-])c1ccc(F)c(F)c1NC1CSc2ccccc21. The van der Waals surface area contributed by atoms with E-state index in [4.69, 9.17) is 0 Å². The van der Waals surface area contributed by atoms with Crippen LogP contribution in [0.15, 0.2) is 41.3 Å². The Morgan fingerprint density at radius 2 is 2.00 bits per heavy atom. The number of nitro groups is 1. The number of fused-ring (bicyclic) bond motifs is 1. The molecule has 21 heavy (non-hydrogen) atoms. The molecule has 0 saturated heterocycles. The van der Waals surface area contributed by atoms with E-state index in [0.717, 1.165) is 22.6 Å². The van der Waals surface area contributed by atoms with Gasteiger partial charge in [0.05, 0.1) is 11.0 Å². The summed E-state index contributed by atoms with van der Waals surface area (Å²) in [5.41, 5.74) is 0.0612. The number of benzene rings is 2. The Morgan fingerprint density at radius 1 is 1.24 bits per heavy atom. The van der Waals surface area contributed by atoms with Crippen LogP contribution in [-0.4, -0.2) is 10.7 Å². The van der Waals surface area contributed by atoms with Crippen molar-refractivity contribution in [1.29, 1.82) is 0 Å². The Kier molecular flexibility index (Phi) is 3.50. The third-order valence-corrected chi connectivity index (χ3v) is 4.47. The molecule has 1 unspecified atom stereocenters. The number of rotatable bonds is 3. The number of hydrogen-bond acceptors (Lipinski definition) is 4. The standard InChI is InChI=1S/C14H10F2N2O2S/c15-9-5-6-11(18(19)20)14(13(9)16)17-10-7-21-12-4-2-1-3-8(10)12/h1-6,10,17H,7H2. The highest BCUT2D eigenvalue weighted by molar-refractivity contribution is 7.99. The van der Waals surface area contributed by atoms with Crippen LogP contribution in [0, 0.1) is 21.7 Å². The monoisotopic (exact) mass is 308 g/mol. The molecule has 4 nitrogen and oxygen atoms in total. The maximum absolute atomic E-state index is 13.9. The van der Waals surface area contributed by atoms with E-state index in [1.165, 1.54) is 0 Å². The number of nitro benzene ring substituents is 1. The van der Waals surface area contributed by atoms with Crippen LogP contribution in [0.4, 0.5) is 20.2 Å². The summed E-state index contributed by atoms with van der Waals surface area (Å²) in [5, 5.41) is 13.8. The molecule has 1 heterocycles. The van der Waals surface area contributed by atoms with Gasteiger partial charge in [0.15, 0.2) is 17.3 Å². The van der Waals surface area contributed by atoms with Crippen molar-refractivity contribution in [3.63, 3.8) is 0 Å². The Hall–Kier alpha value is -2.15. The molecular formula is C14H10F2N2O2S. The van der Waals surface area contributed by atoms with Gasteiger partial charge in [0.1, 0.15) is 0 Å². The van der Waals surface area contributed by atoms with Gasteiger partial charge in [-0.25, -0.2) is 8.78 Å². The summed E-state index contributed by atoms with van der Waals surface area (Å²) >= 11 is 1.57. The predicted octanol–water partition coefficient (Wildman–Crippen LogP) is 4.13. The third-order valence-electron chi connectivity index (χ3n) is 3.29. The minimum Gasteiger partial charge on any atom is -0.369 e. The predicted molar refractivity (Wildman–Crippen MR) is 76.5 cm³/mol. The second kappa shape index (κ2) is 5.33. The lowest BCUT2D eigenvalue weighted by Crippen LogP contribution is -2.13. The lowest BCUT2D eigenvalue weighted by Gasteiger charge is -2.15. The smallest absolute Gasteiger partial charge is 0.295 e. The largest absolute Gasteiger partial charge is 0.369 e. The Bertz CT molecular complexity index is 724. The molecular weight excluding hydrogens is 298 g/mol. The summed E-state index contributed by atoms with van der Waals surface area (Å²) in [6, 6.07) is 8.97. The molecule has 0 saturated carbocycles. The zero-order valence-electron chi connectivity index (χ0n) is 10.7. The number of nitrogens with zero attached hydrogens (tertiary/aromatic N) is 1. The summed E-state index contributed by atoms with van der Waals surface area (Å²) in [4.78, 5) is 11.3. The number of halogens is 2. The maximum Gasteiger partial charge on any atom is 0.295 e. The van der Waals surface area contributed by atoms with Crippen molar-refractivity contribution in [2.24, 2.45) is 0 Å². The van der Waals surface area contributed by atoms with Crippen molar-refractivity contribution in [2.45, 2.75) is 10.9 Å². The van der Waals surface area contributed by atoms with Gasteiger partial charge in [-0.2, -0.15) is 0 Å². The second-order valence-corrected chi connectivity index (χ2v) is 5.62. The molecule has 108 valence electrons. The first kappa shape index (κ1) is 13.8. The van der Waals surface area contributed by atoms with E-state index in [9.17, 15) is 18.9 Å². The van der Waals surface area contributed by atoms with E-state index in [0.29, 0.717) is 5.75 Å². The van der Waals surface area contributed by atoms with Crippen LogP contribution in [0.2, 0.25) is 0 Å². The van der Waals surface area contributed by atoms with Gasteiger partial charge in [-0.05, 0) is 17.7 Å². The highest BCUT2D eigenvalue weighted by atomic mass is 32.2. The molecule has 2 aromatic carbocycles. The minimum absolute atomic E-state index is 0.291. The van der Waals surface area contributed by atoms with Crippen LogP contribution in [-0.2, 0) is 0 Å². The normalized spacial score (nSPS) is 16.6. The molecule has 0 radical (unpaired) electrons. The molecule has 3 rings (SSSR count). The molecule has 7 heteroatoms. The van der Waals surface area contributed by atoms with E-state index in [2.05, 4.69) is 5.32 Å². The zero-order chi connectivity index (χ0) is 15.0. The van der Waals surface area contributed by atoms with Gasteiger partial charge in [-0.15, -0.1) is 11.8 Å². The summed E-state index contributed by atoms with van der Waals surface area (Å²) in [5.74, 6) is -1.73. The quantitative estimate of drug-likeness (QED) is 0.684. The molecule has 0 fully saturated rings. The van der Waals surface area contributed by atoms with E-state index < -0.39 is 27.9 Å². The molecule has 0 spiro atoms. The number of nitrogens with one attached hydrogen (secondary N) is 1. The highest BCUT2D eigenvalue weighted by Gasteiger charge is 2.28. The fourth-order valence-electron chi connectivity index (χ4n) is 2.29. The van der Waals surface area contributed by atoms with Crippen LogP contribution in [0.3, 0.4) is 0 Å². The summed E-state index contributed by atoms with van der Waals surface area (Å²) in [6.45, 7) is 0. The van der Waals surface area contributed by atoms with Crippen molar-refractivity contribution in [3.05, 3.63) is 63.7 Å². The number of anilines is 1. The second-order valence-electron chi connectivity index (χ2n) is 4.56. The fraction of sp³-hybridized carbons (Fsp3) is 0.143. The van der Waals surface area contributed by atoms with Gasteiger partial charge in [-0.3, -0.25) is 10.1 Å². The molecule has 2 aromatic rings. The third kappa shape index (κ3) is 2.44. The average Bonchev–Trinajstić information content (AvgIpc) is 2.87. The van der Waals surface area contributed by atoms with Crippen molar-refractivity contribution in [2.75, 3.05) is 11.1 Å². The van der Waals surface area contributed by atoms with Crippen molar-refractivity contribution in [1.82, 2.24) is 0 Å². The van der Waals surface area contributed by atoms with E-state index in [-0.39, 0.29) is 6.04 Å². The molecule has 1 aliphatic rings. The van der Waals surface area contributed by atoms with Crippen LogP contribution in [0.1, 0.15) is 11.6 Å². The lowest BCUT2D eigenvalue weighted by molar-refractivity contribution is -0.384. The van der Waals surface area contributed by atoms with Crippen molar-refractivity contribution >= 4 is 23.1 Å². The van der Waals surface area contributed by atoms with Gasteiger partial charge >= 0.3 is 0 Å². The molecule has 0 bridgehead atoms. The van der Waals surface area contributed by atoms with Crippen LogP contribution in [0.25, 0.3) is 0 Å². The van der Waals surface area contributed by atoms with Gasteiger partial charge in [0, 0.05) is 16.7 Å². The summed E-state index contributed by atoms with van der Waals surface area (Å²) < 4.78 is 27.3. The van der Waals surface area contributed by atoms with Crippen molar-refractivity contribution < 1.29 is 13.7 Å². The molecule has 0 aromatic heterocycles. The Labute approximate surface area is 123 Å². The minimum atomic E-state index is -1.22. The van der Waals surface area contributed by atoms with E-state index in [1.807, 2.05) is 24.3 Å². The Balaban J connectivity index is 2.00. The van der Waals surface area contributed by atoms with Gasteiger partial charge < -0.3 is 5.32 Å². The zero-order valence-corrected chi connectivity index (χ0v) is 11.5. The summed E-state index contributed by atoms with van der Waals surface area (Å²) in [7, 11) is 0. The van der Waals surface area contributed by atoms with E-state index >= 15 is 0 Å². The topological polar surface area (TPSA) is 55.2 Å². The fourth-order valence-corrected chi connectivity index (χ4v) is 3.45. The van der Waals surface area contributed by atoms with Gasteiger partial charge in [-0.1, -0.05) is 18.2 Å². The van der Waals surface area contributed by atoms with Crippen molar-refractivity contribution in [3.8, 4) is 0 Å². The summed E-state index contributed by atoms with van der Waals surface area (Å²) in [6.07, 6.45) is 0. The molecule has 1 atom stereocenters. The maximum atomic E-state index is 13.9. The lowest BCUT2D eigenvalue weighted by atomic mass is 10.1. The first-order valence-electron chi connectivity index (χ1n) is 6.18. The molecule has 0 amide bonds. The molecule has 1 N–H and O–H groups in total. The van der Waals surface area contributed by atoms with Gasteiger partial charge in [0.25, 0.3) is 5.69 Å². The van der Waals surface area contributed by atoms with Gasteiger partial charge in [0.2, 0.25) is 0 Å². The average molecular weight is 308 g/mol. The van der Waals surface area contributed by atoms with Crippen LogP contribution in [0.5, 0.6) is 0 Å². The van der Waals surface area contributed by atoms with E-state index in [1.54, 1.807) is 11.8 Å². The molecule has 0 aliphatic carbocycles. The van der Waals surface area contributed by atoms with Crippen LogP contribution >= 0.6 is 11.8 Å². The first-order chi connectivity index (χ1) is 10.1. The van der Waals surface area contributed by atoms with Crippen LogP contribution < -0.4 is 5.32 Å². The Morgan fingerprint density at radius 3 is 2.76 bits per heavy atom. The first-order valence-corrected chi connectivity index (χ1v) is 7.17. The number of hydrogen-bond donors (Lipinski definition) is 1. The molecule has 1 aliphatic heterocycles. The highest BCUT2D eigenvalue weighted by Crippen LogP contribution is 2.41.